The predicted octanol–water partition coefficient (Wildman–Crippen LogP) is 2.11. The van der Waals surface area contributed by atoms with Crippen LogP contribution in [-0.2, 0) is 0 Å². The number of hydrogen-bond acceptors (Lipinski definition) is 2. The minimum absolute atomic E-state index is 0.147. The molecule has 0 saturated heterocycles. The first-order valence-corrected chi connectivity index (χ1v) is 5.30. The molecule has 0 spiro atoms. The molecule has 4 nitrogen and oxygen atoms in total. The molecule has 17 heavy (non-hydrogen) atoms. The molecule has 1 aromatic carbocycles. The van der Waals surface area contributed by atoms with Gasteiger partial charge >= 0.3 is 0 Å². The van der Waals surface area contributed by atoms with Crippen LogP contribution in [0.2, 0.25) is 0 Å². The third kappa shape index (κ3) is 1.59. The summed E-state index contributed by atoms with van der Waals surface area (Å²) in [4.78, 5) is 17.5. The van der Waals surface area contributed by atoms with Crippen molar-refractivity contribution in [2.45, 2.75) is 0 Å². The zero-order chi connectivity index (χ0) is 11.8. The second-order valence-corrected chi connectivity index (χ2v) is 3.95. The number of nitrogen functional groups attached to an aromatic ring is 1. The van der Waals surface area contributed by atoms with Crippen molar-refractivity contribution >= 4 is 16.6 Å². The number of nitrogens with two attached hydrogens (primary N) is 1. The lowest BCUT2D eigenvalue weighted by Crippen LogP contribution is -2.09. The van der Waals surface area contributed by atoms with Gasteiger partial charge in [0.2, 0.25) is 0 Å². The second-order valence-electron chi connectivity index (χ2n) is 3.95. The van der Waals surface area contributed by atoms with Gasteiger partial charge in [0, 0.05) is 22.8 Å². The van der Waals surface area contributed by atoms with E-state index in [0.717, 1.165) is 16.6 Å². The maximum atomic E-state index is 11.7. The van der Waals surface area contributed by atoms with E-state index >= 15 is 0 Å². The van der Waals surface area contributed by atoms with Crippen LogP contribution >= 0.6 is 0 Å². The number of benzene rings is 1. The third-order valence-corrected chi connectivity index (χ3v) is 2.75. The maximum absolute atomic E-state index is 11.7. The zero-order valence-electron chi connectivity index (χ0n) is 9.03. The molecule has 0 bridgehead atoms. The number of nitrogens with one attached hydrogen (secondary N) is 2. The van der Waals surface area contributed by atoms with Gasteiger partial charge in [0.25, 0.3) is 5.56 Å². The van der Waals surface area contributed by atoms with Crippen LogP contribution in [0, 0.1) is 0 Å². The molecule has 0 aliphatic heterocycles. The fourth-order valence-corrected chi connectivity index (χ4v) is 1.92. The number of anilines is 1. The summed E-state index contributed by atoms with van der Waals surface area (Å²) in [7, 11) is 0. The molecule has 0 amide bonds. The minimum atomic E-state index is -0.147. The number of aromatic nitrogens is 2. The first kappa shape index (κ1) is 9.72. The molecule has 0 unspecified atom stereocenters. The lowest BCUT2D eigenvalue weighted by atomic mass is 10.2. The first-order chi connectivity index (χ1) is 8.24. The number of aromatic amines is 2. The lowest BCUT2D eigenvalue weighted by molar-refractivity contribution is 1.23. The normalized spacial score (nSPS) is 10.8. The maximum Gasteiger partial charge on any atom is 0.257 e. The molecule has 84 valence electrons. The largest absolute Gasteiger partial charge is 0.398 e. The molecular formula is C13H11N3O. The second kappa shape index (κ2) is 3.52. The Labute approximate surface area is 97.1 Å². The number of rotatable bonds is 1. The van der Waals surface area contributed by atoms with Crippen molar-refractivity contribution in [2.24, 2.45) is 0 Å². The summed E-state index contributed by atoms with van der Waals surface area (Å²) in [5.41, 5.74) is 8.41. The van der Waals surface area contributed by atoms with E-state index in [9.17, 15) is 4.79 Å². The van der Waals surface area contributed by atoms with E-state index in [4.69, 9.17) is 5.73 Å². The van der Waals surface area contributed by atoms with Gasteiger partial charge in [0.15, 0.2) is 0 Å². The Morgan fingerprint density at radius 3 is 2.76 bits per heavy atom. The van der Waals surface area contributed by atoms with Crippen molar-refractivity contribution in [1.29, 1.82) is 0 Å². The molecule has 2 aromatic heterocycles. The molecule has 4 heteroatoms. The predicted molar refractivity (Wildman–Crippen MR) is 68.8 cm³/mol. The number of para-hydroxylation sites is 1. The first-order valence-electron chi connectivity index (χ1n) is 5.30. The van der Waals surface area contributed by atoms with Gasteiger partial charge in [-0.1, -0.05) is 18.2 Å². The van der Waals surface area contributed by atoms with E-state index in [1.807, 2.05) is 30.3 Å². The Morgan fingerprint density at radius 1 is 1.12 bits per heavy atom. The molecule has 0 fully saturated rings. The molecule has 0 aliphatic carbocycles. The SMILES string of the molecule is Nc1c[nH]c(=O)c(-c2cc3ccccc3[nH]2)c1. The van der Waals surface area contributed by atoms with Crippen LogP contribution in [0.25, 0.3) is 22.2 Å². The van der Waals surface area contributed by atoms with Gasteiger partial charge in [-0.2, -0.15) is 0 Å². The Bertz CT molecular complexity index is 707. The monoisotopic (exact) mass is 225 g/mol. The molecule has 2 heterocycles. The van der Waals surface area contributed by atoms with Crippen molar-refractivity contribution in [3.63, 3.8) is 0 Å². The topological polar surface area (TPSA) is 74.7 Å². The molecule has 0 radical (unpaired) electrons. The highest BCUT2D eigenvalue weighted by Crippen LogP contribution is 2.22. The van der Waals surface area contributed by atoms with Crippen molar-refractivity contribution in [2.75, 3.05) is 5.73 Å². The number of pyridine rings is 1. The van der Waals surface area contributed by atoms with Crippen LogP contribution in [0.5, 0.6) is 0 Å². The molecule has 0 aliphatic rings. The molecule has 3 aromatic rings. The van der Waals surface area contributed by atoms with Gasteiger partial charge in [-0.3, -0.25) is 4.79 Å². The Morgan fingerprint density at radius 2 is 1.94 bits per heavy atom. The van der Waals surface area contributed by atoms with Crippen LogP contribution in [0.4, 0.5) is 5.69 Å². The molecule has 3 rings (SSSR count). The van der Waals surface area contributed by atoms with E-state index in [1.165, 1.54) is 6.20 Å². The number of fused-ring (bicyclic) bond motifs is 1. The van der Waals surface area contributed by atoms with Gasteiger partial charge in [0.05, 0.1) is 11.3 Å². The van der Waals surface area contributed by atoms with E-state index in [1.54, 1.807) is 6.07 Å². The van der Waals surface area contributed by atoms with Crippen LogP contribution < -0.4 is 11.3 Å². The van der Waals surface area contributed by atoms with Gasteiger partial charge < -0.3 is 15.7 Å². The standard InChI is InChI=1S/C13H11N3O/c14-9-6-10(13(17)15-7-9)12-5-8-3-1-2-4-11(8)16-12/h1-7,16H,14H2,(H,15,17). The van der Waals surface area contributed by atoms with Crippen LogP contribution in [-0.4, -0.2) is 9.97 Å². The van der Waals surface area contributed by atoms with E-state index < -0.39 is 0 Å². The van der Waals surface area contributed by atoms with Crippen LogP contribution in [0.3, 0.4) is 0 Å². The van der Waals surface area contributed by atoms with Gasteiger partial charge in [-0.15, -0.1) is 0 Å². The fourth-order valence-electron chi connectivity index (χ4n) is 1.92. The van der Waals surface area contributed by atoms with Crippen molar-refractivity contribution in [1.82, 2.24) is 9.97 Å². The minimum Gasteiger partial charge on any atom is -0.398 e. The van der Waals surface area contributed by atoms with Crippen LogP contribution in [0.1, 0.15) is 0 Å². The van der Waals surface area contributed by atoms with Crippen molar-refractivity contribution < 1.29 is 0 Å². The summed E-state index contributed by atoms with van der Waals surface area (Å²) in [6, 6.07) is 11.5. The molecular weight excluding hydrogens is 214 g/mol. The highest BCUT2D eigenvalue weighted by atomic mass is 16.1. The van der Waals surface area contributed by atoms with Crippen molar-refractivity contribution in [3.8, 4) is 11.3 Å². The Hall–Kier alpha value is -2.49. The number of H-pyrrole nitrogens is 2. The lowest BCUT2D eigenvalue weighted by Gasteiger charge is -1.97. The fraction of sp³-hybridized carbons (Fsp3) is 0. The molecule has 0 saturated carbocycles. The van der Waals surface area contributed by atoms with Crippen LogP contribution in [0.15, 0.2) is 47.4 Å². The Balaban J connectivity index is 2.27. The Kier molecular flexibility index (Phi) is 2.01. The van der Waals surface area contributed by atoms with Gasteiger partial charge in [0.1, 0.15) is 0 Å². The zero-order valence-corrected chi connectivity index (χ0v) is 9.03. The van der Waals surface area contributed by atoms with E-state index in [-0.39, 0.29) is 5.56 Å². The average molecular weight is 225 g/mol. The summed E-state index contributed by atoms with van der Waals surface area (Å²) in [6.07, 6.45) is 1.49. The quantitative estimate of drug-likeness (QED) is 0.593. The highest BCUT2D eigenvalue weighted by Gasteiger charge is 2.07. The smallest absolute Gasteiger partial charge is 0.257 e. The van der Waals surface area contributed by atoms with Crippen molar-refractivity contribution in [3.05, 3.63) is 52.9 Å². The van der Waals surface area contributed by atoms with E-state index in [2.05, 4.69) is 9.97 Å². The van der Waals surface area contributed by atoms with E-state index in [0.29, 0.717) is 11.3 Å². The van der Waals surface area contributed by atoms with Gasteiger partial charge in [-0.25, -0.2) is 0 Å². The summed E-state index contributed by atoms with van der Waals surface area (Å²) in [6.45, 7) is 0. The summed E-state index contributed by atoms with van der Waals surface area (Å²) in [5.74, 6) is 0. The summed E-state index contributed by atoms with van der Waals surface area (Å²) >= 11 is 0. The number of hydrogen-bond donors (Lipinski definition) is 3. The summed E-state index contributed by atoms with van der Waals surface area (Å²) in [5, 5.41) is 1.07. The summed E-state index contributed by atoms with van der Waals surface area (Å²) < 4.78 is 0. The molecule has 0 atom stereocenters. The highest BCUT2D eigenvalue weighted by molar-refractivity contribution is 5.85. The average Bonchev–Trinajstić information content (AvgIpc) is 2.75. The third-order valence-electron chi connectivity index (χ3n) is 2.75. The van der Waals surface area contributed by atoms with Gasteiger partial charge in [-0.05, 0) is 18.2 Å². The molecule has 4 N–H and O–H groups in total.